The summed E-state index contributed by atoms with van der Waals surface area (Å²) in [6.07, 6.45) is 0. The predicted molar refractivity (Wildman–Crippen MR) is 72.0 cm³/mol. The molecule has 0 bridgehead atoms. The molecule has 4 nitrogen and oxygen atoms in total. The largest absolute Gasteiger partial charge is 0.497 e. The molecule has 1 unspecified atom stereocenters. The van der Waals surface area contributed by atoms with Gasteiger partial charge in [0.2, 0.25) is 0 Å². The molecule has 18 heavy (non-hydrogen) atoms. The SMILES string of the molecule is CNC(c1ccc(OC)cc1)c1nc(C)c(C)[nH]1. The molecular formula is C14H19N3O. The quantitative estimate of drug-likeness (QED) is 0.869. The maximum absolute atomic E-state index is 5.17. The van der Waals surface area contributed by atoms with Crippen LogP contribution in [0, 0.1) is 13.8 Å². The molecule has 1 atom stereocenters. The van der Waals surface area contributed by atoms with Gasteiger partial charge in [-0.25, -0.2) is 4.98 Å². The number of hydrogen-bond acceptors (Lipinski definition) is 3. The van der Waals surface area contributed by atoms with Gasteiger partial charge in [-0.05, 0) is 38.6 Å². The third-order valence-corrected chi connectivity index (χ3v) is 3.16. The first-order valence-electron chi connectivity index (χ1n) is 6.00. The van der Waals surface area contributed by atoms with Crippen molar-refractivity contribution in [2.75, 3.05) is 14.2 Å². The minimum Gasteiger partial charge on any atom is -0.497 e. The zero-order valence-electron chi connectivity index (χ0n) is 11.2. The third kappa shape index (κ3) is 2.38. The van der Waals surface area contributed by atoms with Crippen LogP contribution in [0.2, 0.25) is 0 Å². The number of rotatable bonds is 4. The summed E-state index contributed by atoms with van der Waals surface area (Å²) in [7, 11) is 3.60. The maximum atomic E-state index is 5.17. The van der Waals surface area contributed by atoms with Crippen molar-refractivity contribution in [1.82, 2.24) is 15.3 Å². The number of hydrogen-bond donors (Lipinski definition) is 2. The molecule has 4 heteroatoms. The Kier molecular flexibility index (Phi) is 3.67. The van der Waals surface area contributed by atoms with Crippen LogP contribution >= 0.6 is 0 Å². The smallest absolute Gasteiger partial charge is 0.128 e. The molecule has 2 rings (SSSR count). The van der Waals surface area contributed by atoms with E-state index in [2.05, 4.69) is 15.3 Å². The summed E-state index contributed by atoms with van der Waals surface area (Å²) in [5.41, 5.74) is 3.31. The number of benzene rings is 1. The molecule has 0 aliphatic carbocycles. The zero-order chi connectivity index (χ0) is 13.1. The first-order valence-corrected chi connectivity index (χ1v) is 6.00. The molecule has 2 N–H and O–H groups in total. The number of nitrogens with one attached hydrogen (secondary N) is 2. The van der Waals surface area contributed by atoms with Gasteiger partial charge in [0, 0.05) is 5.69 Å². The summed E-state index contributed by atoms with van der Waals surface area (Å²) in [6.45, 7) is 4.04. The lowest BCUT2D eigenvalue weighted by Crippen LogP contribution is -2.19. The third-order valence-electron chi connectivity index (χ3n) is 3.16. The minimum atomic E-state index is 0.0725. The Bertz CT molecular complexity index is 497. The zero-order valence-corrected chi connectivity index (χ0v) is 11.2. The number of nitrogens with zero attached hydrogens (tertiary/aromatic N) is 1. The van der Waals surface area contributed by atoms with E-state index in [1.165, 1.54) is 0 Å². The topological polar surface area (TPSA) is 49.9 Å². The van der Waals surface area contributed by atoms with E-state index in [4.69, 9.17) is 4.74 Å². The van der Waals surface area contributed by atoms with E-state index in [0.29, 0.717) is 0 Å². The highest BCUT2D eigenvalue weighted by Gasteiger charge is 2.16. The Morgan fingerprint density at radius 1 is 1.22 bits per heavy atom. The van der Waals surface area contributed by atoms with Crippen molar-refractivity contribution < 1.29 is 4.74 Å². The second kappa shape index (κ2) is 5.23. The molecule has 0 radical (unpaired) electrons. The molecule has 1 heterocycles. The predicted octanol–water partition coefficient (Wildman–Crippen LogP) is 2.34. The molecule has 0 saturated carbocycles. The summed E-state index contributed by atoms with van der Waals surface area (Å²) in [6, 6.07) is 8.09. The van der Waals surface area contributed by atoms with Crippen molar-refractivity contribution in [2.24, 2.45) is 0 Å². The Labute approximate surface area is 107 Å². The monoisotopic (exact) mass is 245 g/mol. The van der Waals surface area contributed by atoms with Gasteiger partial charge in [-0.3, -0.25) is 0 Å². The molecule has 0 aliphatic rings. The van der Waals surface area contributed by atoms with E-state index in [-0.39, 0.29) is 6.04 Å². The lowest BCUT2D eigenvalue weighted by atomic mass is 10.1. The van der Waals surface area contributed by atoms with Gasteiger partial charge < -0.3 is 15.0 Å². The van der Waals surface area contributed by atoms with Gasteiger partial charge in [-0.1, -0.05) is 12.1 Å². The molecule has 1 aromatic heterocycles. The van der Waals surface area contributed by atoms with Crippen molar-refractivity contribution in [3.05, 3.63) is 47.0 Å². The molecule has 0 saturated heterocycles. The lowest BCUT2D eigenvalue weighted by Gasteiger charge is -2.14. The number of imidazole rings is 1. The van der Waals surface area contributed by atoms with Crippen LogP contribution in [0.3, 0.4) is 0 Å². The Hall–Kier alpha value is -1.81. The fourth-order valence-corrected chi connectivity index (χ4v) is 1.97. The maximum Gasteiger partial charge on any atom is 0.128 e. The van der Waals surface area contributed by atoms with Crippen LogP contribution in [-0.4, -0.2) is 24.1 Å². The minimum absolute atomic E-state index is 0.0725. The number of aryl methyl sites for hydroxylation is 2. The summed E-state index contributed by atoms with van der Waals surface area (Å²) in [5, 5.41) is 3.28. The Morgan fingerprint density at radius 2 is 1.89 bits per heavy atom. The van der Waals surface area contributed by atoms with Crippen molar-refractivity contribution in [1.29, 1.82) is 0 Å². The number of methoxy groups -OCH3 is 1. The molecule has 0 spiro atoms. The first kappa shape index (κ1) is 12.6. The highest BCUT2D eigenvalue weighted by atomic mass is 16.5. The highest BCUT2D eigenvalue weighted by Crippen LogP contribution is 2.22. The second-order valence-corrected chi connectivity index (χ2v) is 4.33. The van der Waals surface area contributed by atoms with Crippen LogP contribution in [0.4, 0.5) is 0 Å². The van der Waals surface area contributed by atoms with Crippen molar-refractivity contribution in [3.63, 3.8) is 0 Å². The van der Waals surface area contributed by atoms with Gasteiger partial charge in [0.05, 0.1) is 18.8 Å². The first-order chi connectivity index (χ1) is 8.65. The summed E-state index contributed by atoms with van der Waals surface area (Å²) in [4.78, 5) is 7.87. The summed E-state index contributed by atoms with van der Waals surface area (Å²) in [5.74, 6) is 1.80. The van der Waals surface area contributed by atoms with Gasteiger partial charge in [0.1, 0.15) is 11.6 Å². The van der Waals surface area contributed by atoms with Crippen LogP contribution in [0.25, 0.3) is 0 Å². The fraction of sp³-hybridized carbons (Fsp3) is 0.357. The van der Waals surface area contributed by atoms with E-state index in [0.717, 1.165) is 28.5 Å². The lowest BCUT2D eigenvalue weighted by molar-refractivity contribution is 0.414. The van der Waals surface area contributed by atoms with Gasteiger partial charge in [-0.2, -0.15) is 0 Å². The normalized spacial score (nSPS) is 12.4. The van der Waals surface area contributed by atoms with Crippen LogP contribution in [0.1, 0.15) is 28.8 Å². The fourth-order valence-electron chi connectivity index (χ4n) is 1.97. The summed E-state index contributed by atoms with van der Waals surface area (Å²) >= 11 is 0. The summed E-state index contributed by atoms with van der Waals surface area (Å²) < 4.78 is 5.17. The molecule has 96 valence electrons. The Morgan fingerprint density at radius 3 is 2.33 bits per heavy atom. The van der Waals surface area contributed by atoms with Crippen LogP contribution in [0.15, 0.2) is 24.3 Å². The van der Waals surface area contributed by atoms with Crippen LogP contribution < -0.4 is 10.1 Å². The number of aromatic nitrogens is 2. The molecule has 2 aromatic rings. The second-order valence-electron chi connectivity index (χ2n) is 4.33. The Balaban J connectivity index is 2.32. The van der Waals surface area contributed by atoms with E-state index in [9.17, 15) is 0 Å². The van der Waals surface area contributed by atoms with Crippen LogP contribution in [0.5, 0.6) is 5.75 Å². The molecule has 1 aromatic carbocycles. The highest BCUT2D eigenvalue weighted by molar-refractivity contribution is 5.32. The van der Waals surface area contributed by atoms with Crippen molar-refractivity contribution in [3.8, 4) is 5.75 Å². The molecule has 0 aliphatic heterocycles. The van der Waals surface area contributed by atoms with E-state index >= 15 is 0 Å². The molecule has 0 amide bonds. The van der Waals surface area contributed by atoms with E-state index in [1.54, 1.807) is 7.11 Å². The van der Waals surface area contributed by atoms with Gasteiger partial charge in [0.25, 0.3) is 0 Å². The number of H-pyrrole nitrogens is 1. The standard InChI is InChI=1S/C14H19N3O/c1-9-10(2)17-14(16-9)13(15-3)11-5-7-12(18-4)8-6-11/h5-8,13,15H,1-4H3,(H,16,17). The molecular weight excluding hydrogens is 226 g/mol. The van der Waals surface area contributed by atoms with Crippen molar-refractivity contribution in [2.45, 2.75) is 19.9 Å². The van der Waals surface area contributed by atoms with Crippen LogP contribution in [-0.2, 0) is 0 Å². The van der Waals surface area contributed by atoms with Gasteiger partial charge >= 0.3 is 0 Å². The van der Waals surface area contributed by atoms with Crippen molar-refractivity contribution >= 4 is 0 Å². The number of aromatic amines is 1. The average Bonchev–Trinajstić information content (AvgIpc) is 2.71. The van der Waals surface area contributed by atoms with E-state index < -0.39 is 0 Å². The number of ether oxygens (including phenoxy) is 1. The van der Waals surface area contributed by atoms with E-state index in [1.807, 2.05) is 45.2 Å². The molecule has 0 fully saturated rings. The van der Waals surface area contributed by atoms with Gasteiger partial charge in [-0.15, -0.1) is 0 Å². The average molecular weight is 245 g/mol. The van der Waals surface area contributed by atoms with Gasteiger partial charge in [0.15, 0.2) is 0 Å².